The zero-order chi connectivity index (χ0) is 18.7. The molecule has 136 valence electrons. The van der Waals surface area contributed by atoms with Crippen LogP contribution in [0.4, 0.5) is 5.69 Å². The predicted octanol–water partition coefficient (Wildman–Crippen LogP) is 3.01. The summed E-state index contributed by atoms with van der Waals surface area (Å²) in [5.41, 5.74) is 2.12. The fourth-order valence-corrected chi connectivity index (χ4v) is 3.34. The van der Waals surface area contributed by atoms with Gasteiger partial charge in [-0.05, 0) is 23.8 Å². The van der Waals surface area contributed by atoms with Gasteiger partial charge >= 0.3 is 5.97 Å². The summed E-state index contributed by atoms with van der Waals surface area (Å²) in [6.45, 7) is 0.397. The third-order valence-electron chi connectivity index (χ3n) is 4.60. The number of amides is 1. The van der Waals surface area contributed by atoms with E-state index in [0.717, 1.165) is 11.3 Å². The largest absolute Gasteiger partial charge is 0.496 e. The summed E-state index contributed by atoms with van der Waals surface area (Å²) < 4.78 is 15.5. The Morgan fingerprint density at radius 1 is 1.00 bits per heavy atom. The highest BCUT2D eigenvalue weighted by atomic mass is 16.5. The Kier molecular flexibility index (Phi) is 5.11. The second-order valence-electron chi connectivity index (χ2n) is 5.99. The van der Waals surface area contributed by atoms with Gasteiger partial charge in [0.2, 0.25) is 0 Å². The number of rotatable bonds is 5. The number of fused-ring (bicyclic) bond motifs is 1. The van der Waals surface area contributed by atoms with Crippen molar-refractivity contribution in [3.63, 3.8) is 0 Å². The molecule has 6 nitrogen and oxygen atoms in total. The molecule has 2 aromatic rings. The van der Waals surface area contributed by atoms with Crippen LogP contribution in [0.3, 0.4) is 0 Å². The molecule has 1 atom stereocenters. The molecule has 0 fully saturated rings. The van der Waals surface area contributed by atoms with E-state index >= 15 is 0 Å². The molecule has 0 aliphatic carbocycles. The first-order valence-electron chi connectivity index (χ1n) is 8.29. The average molecular weight is 355 g/mol. The molecule has 0 radical (unpaired) electrons. The Balaban J connectivity index is 2.00. The fraction of sp³-hybridized carbons (Fsp3) is 0.300. The number of para-hydroxylation sites is 1. The molecule has 26 heavy (non-hydrogen) atoms. The molecule has 0 bridgehead atoms. The van der Waals surface area contributed by atoms with E-state index < -0.39 is 0 Å². The molecular formula is C20H21NO5. The number of hydrogen-bond donors (Lipinski definition) is 0. The van der Waals surface area contributed by atoms with Crippen molar-refractivity contribution in [1.82, 2.24) is 0 Å². The summed E-state index contributed by atoms with van der Waals surface area (Å²) in [6, 6.07) is 12.8. The topological polar surface area (TPSA) is 65.1 Å². The molecule has 0 spiro atoms. The molecule has 2 aromatic carbocycles. The Bertz CT molecular complexity index is 810. The van der Waals surface area contributed by atoms with Gasteiger partial charge in [-0.25, -0.2) is 0 Å². The minimum Gasteiger partial charge on any atom is -0.496 e. The van der Waals surface area contributed by atoms with Gasteiger partial charge in [-0.15, -0.1) is 0 Å². The maximum Gasteiger partial charge on any atom is 0.306 e. The van der Waals surface area contributed by atoms with E-state index in [1.807, 2.05) is 24.3 Å². The Labute approximate surface area is 152 Å². The lowest BCUT2D eigenvalue weighted by molar-refractivity contribution is -0.141. The van der Waals surface area contributed by atoms with Gasteiger partial charge in [0, 0.05) is 18.2 Å². The zero-order valence-corrected chi connectivity index (χ0v) is 15.0. The van der Waals surface area contributed by atoms with Gasteiger partial charge in [-0.2, -0.15) is 0 Å². The molecule has 3 rings (SSSR count). The number of hydrogen-bond acceptors (Lipinski definition) is 5. The second-order valence-corrected chi connectivity index (χ2v) is 5.99. The number of nitrogens with zero attached hydrogens (tertiary/aromatic N) is 1. The van der Waals surface area contributed by atoms with Crippen molar-refractivity contribution in [2.45, 2.75) is 12.3 Å². The van der Waals surface area contributed by atoms with Crippen LogP contribution in [0.5, 0.6) is 11.5 Å². The van der Waals surface area contributed by atoms with Crippen molar-refractivity contribution in [1.29, 1.82) is 0 Å². The van der Waals surface area contributed by atoms with Crippen LogP contribution in [-0.2, 0) is 9.53 Å². The highest BCUT2D eigenvalue weighted by molar-refractivity contribution is 6.11. The lowest BCUT2D eigenvalue weighted by atomic mass is 9.98. The zero-order valence-electron chi connectivity index (χ0n) is 15.0. The molecule has 6 heteroatoms. The van der Waals surface area contributed by atoms with Crippen molar-refractivity contribution >= 4 is 17.6 Å². The van der Waals surface area contributed by atoms with Gasteiger partial charge < -0.3 is 19.1 Å². The summed E-state index contributed by atoms with van der Waals surface area (Å²) in [5.74, 6) is 0.267. The molecule has 1 aliphatic rings. The lowest BCUT2D eigenvalue weighted by Crippen LogP contribution is -2.31. The van der Waals surface area contributed by atoms with Crippen molar-refractivity contribution in [2.75, 3.05) is 32.8 Å². The summed E-state index contributed by atoms with van der Waals surface area (Å²) in [7, 11) is 4.40. The smallest absolute Gasteiger partial charge is 0.306 e. The van der Waals surface area contributed by atoms with E-state index in [4.69, 9.17) is 14.2 Å². The van der Waals surface area contributed by atoms with Crippen LogP contribution in [0, 0.1) is 0 Å². The third kappa shape index (κ3) is 3.10. The van der Waals surface area contributed by atoms with Crippen LogP contribution >= 0.6 is 0 Å². The maximum atomic E-state index is 13.3. The Morgan fingerprint density at radius 2 is 1.65 bits per heavy atom. The third-order valence-corrected chi connectivity index (χ3v) is 4.60. The van der Waals surface area contributed by atoms with Crippen LogP contribution in [0.25, 0.3) is 0 Å². The van der Waals surface area contributed by atoms with Gasteiger partial charge in [-0.3, -0.25) is 9.59 Å². The Hall–Kier alpha value is -3.02. The van der Waals surface area contributed by atoms with E-state index in [2.05, 4.69) is 0 Å². The highest BCUT2D eigenvalue weighted by Crippen LogP contribution is 2.40. The van der Waals surface area contributed by atoms with Gasteiger partial charge in [0.1, 0.15) is 17.1 Å². The monoisotopic (exact) mass is 355 g/mol. The van der Waals surface area contributed by atoms with E-state index in [0.29, 0.717) is 23.6 Å². The number of benzene rings is 2. The van der Waals surface area contributed by atoms with Crippen LogP contribution in [0.15, 0.2) is 42.5 Å². The molecule has 0 saturated heterocycles. The van der Waals surface area contributed by atoms with Gasteiger partial charge in [0.05, 0.1) is 27.8 Å². The molecule has 0 saturated carbocycles. The number of carbonyl (C=O) groups excluding carboxylic acids is 2. The SMILES string of the molecule is COC(=O)CC1CN(C(=O)c2c(OC)cccc2OC)c2ccccc21. The van der Waals surface area contributed by atoms with Crippen LogP contribution < -0.4 is 14.4 Å². The highest BCUT2D eigenvalue weighted by Gasteiger charge is 2.36. The quantitative estimate of drug-likeness (QED) is 0.772. The van der Waals surface area contributed by atoms with Crippen LogP contribution in [0.2, 0.25) is 0 Å². The van der Waals surface area contributed by atoms with Crippen molar-refractivity contribution in [2.24, 2.45) is 0 Å². The van der Waals surface area contributed by atoms with Gasteiger partial charge in [0.25, 0.3) is 5.91 Å². The first kappa shape index (κ1) is 17.8. The molecule has 0 N–H and O–H groups in total. The number of anilines is 1. The number of methoxy groups -OCH3 is 3. The number of ether oxygens (including phenoxy) is 3. The fourth-order valence-electron chi connectivity index (χ4n) is 3.34. The normalized spacial score (nSPS) is 15.3. The first-order valence-corrected chi connectivity index (χ1v) is 8.29. The molecule has 1 heterocycles. The van der Waals surface area contributed by atoms with Crippen LogP contribution in [0.1, 0.15) is 28.3 Å². The number of carbonyl (C=O) groups is 2. The van der Waals surface area contributed by atoms with Gasteiger partial charge in [0.15, 0.2) is 0 Å². The summed E-state index contributed by atoms with van der Waals surface area (Å²) >= 11 is 0. The summed E-state index contributed by atoms with van der Waals surface area (Å²) in [5, 5.41) is 0. The molecular weight excluding hydrogens is 334 g/mol. The van der Waals surface area contributed by atoms with Crippen LogP contribution in [-0.4, -0.2) is 39.8 Å². The summed E-state index contributed by atoms with van der Waals surface area (Å²) in [6.07, 6.45) is 0.223. The van der Waals surface area contributed by atoms with E-state index in [-0.39, 0.29) is 24.2 Å². The molecule has 0 aromatic heterocycles. The van der Waals surface area contributed by atoms with E-state index in [1.54, 1.807) is 23.1 Å². The van der Waals surface area contributed by atoms with E-state index in [1.165, 1.54) is 21.3 Å². The second kappa shape index (κ2) is 7.47. The standard InChI is InChI=1S/C20H21NO5/c1-24-16-9-6-10-17(25-2)19(16)20(23)21-12-13(11-18(22)26-3)14-7-4-5-8-15(14)21/h4-10,13H,11-12H2,1-3H3. The minimum absolute atomic E-state index is 0.108. The average Bonchev–Trinajstić information content (AvgIpc) is 3.05. The minimum atomic E-state index is -0.297. The molecule has 1 aliphatic heterocycles. The lowest BCUT2D eigenvalue weighted by Gasteiger charge is -2.21. The predicted molar refractivity (Wildman–Crippen MR) is 97.0 cm³/mol. The molecule has 1 amide bonds. The van der Waals surface area contributed by atoms with Crippen molar-refractivity contribution in [3.05, 3.63) is 53.6 Å². The first-order chi connectivity index (χ1) is 12.6. The van der Waals surface area contributed by atoms with Crippen molar-refractivity contribution in [3.8, 4) is 11.5 Å². The van der Waals surface area contributed by atoms with Gasteiger partial charge in [-0.1, -0.05) is 24.3 Å². The number of esters is 1. The molecule has 1 unspecified atom stereocenters. The van der Waals surface area contributed by atoms with E-state index in [9.17, 15) is 9.59 Å². The van der Waals surface area contributed by atoms with Crippen molar-refractivity contribution < 1.29 is 23.8 Å². The Morgan fingerprint density at radius 3 is 2.27 bits per heavy atom. The summed E-state index contributed by atoms with van der Waals surface area (Å²) in [4.78, 5) is 26.7. The maximum absolute atomic E-state index is 13.3.